The van der Waals surface area contributed by atoms with E-state index in [0.29, 0.717) is 11.8 Å². The van der Waals surface area contributed by atoms with E-state index in [-0.39, 0.29) is 18.0 Å². The molecule has 1 aliphatic carbocycles. The highest BCUT2D eigenvalue weighted by Crippen LogP contribution is 2.36. The molecule has 1 aromatic heterocycles. The van der Waals surface area contributed by atoms with Crippen molar-refractivity contribution in [1.82, 2.24) is 19.7 Å². The van der Waals surface area contributed by atoms with Gasteiger partial charge in [0.25, 0.3) is 0 Å². The summed E-state index contributed by atoms with van der Waals surface area (Å²) in [5.41, 5.74) is 6.19. The van der Waals surface area contributed by atoms with E-state index in [1.165, 1.54) is 19.2 Å². The number of amides is 1. The smallest absolute Gasteiger partial charge is 0.247 e. The van der Waals surface area contributed by atoms with Gasteiger partial charge >= 0.3 is 0 Å². The van der Waals surface area contributed by atoms with Crippen LogP contribution >= 0.6 is 0 Å². The Balaban J connectivity index is 1.69. The molecule has 0 spiro atoms. The van der Waals surface area contributed by atoms with E-state index in [0.717, 1.165) is 19.5 Å². The molecule has 0 bridgehead atoms. The minimum absolute atomic E-state index is 0.132. The van der Waals surface area contributed by atoms with Crippen molar-refractivity contribution in [3.8, 4) is 0 Å². The average molecular weight is 263 g/mol. The van der Waals surface area contributed by atoms with E-state index in [1.807, 2.05) is 11.8 Å². The Hall–Kier alpha value is -1.43. The van der Waals surface area contributed by atoms with Crippen LogP contribution in [0.25, 0.3) is 0 Å². The van der Waals surface area contributed by atoms with Crippen molar-refractivity contribution in [2.75, 3.05) is 13.1 Å². The normalized spacial score (nSPS) is 32.1. The summed E-state index contributed by atoms with van der Waals surface area (Å²) in [7, 11) is 0. The first kappa shape index (κ1) is 12.6. The number of hydrogen-bond acceptors (Lipinski definition) is 4. The molecule has 1 amide bonds. The van der Waals surface area contributed by atoms with Gasteiger partial charge in [0.1, 0.15) is 18.7 Å². The van der Waals surface area contributed by atoms with Crippen LogP contribution in [-0.2, 0) is 4.79 Å². The van der Waals surface area contributed by atoms with Crippen LogP contribution in [-0.4, -0.2) is 44.7 Å². The predicted octanol–water partition coefficient (Wildman–Crippen LogP) is 0.425. The lowest BCUT2D eigenvalue weighted by atomic mass is 9.78. The molecular weight excluding hydrogens is 242 g/mol. The molecule has 1 saturated carbocycles. The third-order valence-corrected chi connectivity index (χ3v) is 4.66. The van der Waals surface area contributed by atoms with Crippen molar-refractivity contribution in [2.24, 2.45) is 17.6 Å². The maximum absolute atomic E-state index is 12.5. The maximum atomic E-state index is 12.5. The van der Waals surface area contributed by atoms with Gasteiger partial charge in [0.15, 0.2) is 0 Å². The Morgan fingerprint density at radius 3 is 2.95 bits per heavy atom. The molecule has 1 aromatic rings. The van der Waals surface area contributed by atoms with Gasteiger partial charge in [-0.3, -0.25) is 4.79 Å². The largest absolute Gasteiger partial charge is 0.340 e. The van der Waals surface area contributed by atoms with Crippen LogP contribution in [0.1, 0.15) is 32.2 Å². The highest BCUT2D eigenvalue weighted by Gasteiger charge is 2.41. The number of nitrogens with two attached hydrogens (primary N) is 1. The number of hydrogen-bond donors (Lipinski definition) is 1. The van der Waals surface area contributed by atoms with Gasteiger partial charge in [-0.05, 0) is 31.6 Å². The Morgan fingerprint density at radius 1 is 1.42 bits per heavy atom. The molecule has 2 fully saturated rings. The van der Waals surface area contributed by atoms with Gasteiger partial charge in [0.2, 0.25) is 5.91 Å². The van der Waals surface area contributed by atoms with Crippen molar-refractivity contribution >= 4 is 5.91 Å². The molecule has 3 rings (SSSR count). The van der Waals surface area contributed by atoms with Gasteiger partial charge in [-0.1, -0.05) is 6.42 Å². The zero-order valence-electron chi connectivity index (χ0n) is 11.3. The Labute approximate surface area is 113 Å². The molecule has 2 heterocycles. The van der Waals surface area contributed by atoms with Crippen molar-refractivity contribution < 1.29 is 4.79 Å². The molecule has 2 N–H and O–H groups in total. The van der Waals surface area contributed by atoms with Gasteiger partial charge in [-0.25, -0.2) is 9.67 Å². The second kappa shape index (κ2) is 4.92. The van der Waals surface area contributed by atoms with Gasteiger partial charge in [0, 0.05) is 19.1 Å². The van der Waals surface area contributed by atoms with Crippen LogP contribution in [0.5, 0.6) is 0 Å². The van der Waals surface area contributed by atoms with E-state index < -0.39 is 0 Å². The van der Waals surface area contributed by atoms with Gasteiger partial charge in [0.05, 0.1) is 0 Å². The summed E-state index contributed by atoms with van der Waals surface area (Å²) in [5.74, 6) is 1.21. The van der Waals surface area contributed by atoms with Crippen LogP contribution < -0.4 is 5.73 Å². The van der Waals surface area contributed by atoms with Crippen molar-refractivity contribution in [3.05, 3.63) is 12.7 Å². The molecule has 6 heteroatoms. The first-order chi connectivity index (χ1) is 9.16. The molecule has 4 atom stereocenters. The fourth-order valence-corrected chi connectivity index (χ4v) is 3.49. The number of carbonyl (C=O) groups is 1. The fourth-order valence-electron chi connectivity index (χ4n) is 3.49. The molecular formula is C13H21N5O. The molecule has 1 saturated heterocycles. The minimum atomic E-state index is -0.279. The molecule has 19 heavy (non-hydrogen) atoms. The lowest BCUT2D eigenvalue weighted by molar-refractivity contribution is -0.133. The van der Waals surface area contributed by atoms with E-state index in [2.05, 4.69) is 10.1 Å². The second-order valence-corrected chi connectivity index (χ2v) is 5.81. The maximum Gasteiger partial charge on any atom is 0.247 e. The second-order valence-electron chi connectivity index (χ2n) is 5.81. The fraction of sp³-hybridized carbons (Fsp3) is 0.769. The van der Waals surface area contributed by atoms with Crippen LogP contribution in [0.3, 0.4) is 0 Å². The number of aromatic nitrogens is 3. The van der Waals surface area contributed by atoms with Crippen molar-refractivity contribution in [1.29, 1.82) is 0 Å². The first-order valence-corrected chi connectivity index (χ1v) is 7.05. The van der Waals surface area contributed by atoms with E-state index in [1.54, 1.807) is 11.0 Å². The number of rotatable bonds is 2. The number of carbonyl (C=O) groups excluding carboxylic acids is 1. The highest BCUT2D eigenvalue weighted by atomic mass is 16.2. The van der Waals surface area contributed by atoms with Crippen molar-refractivity contribution in [3.63, 3.8) is 0 Å². The van der Waals surface area contributed by atoms with Gasteiger partial charge in [-0.15, -0.1) is 0 Å². The summed E-state index contributed by atoms with van der Waals surface area (Å²) < 4.78 is 1.62. The van der Waals surface area contributed by atoms with E-state index >= 15 is 0 Å². The molecule has 6 nitrogen and oxygen atoms in total. The van der Waals surface area contributed by atoms with Crippen LogP contribution in [0, 0.1) is 11.8 Å². The summed E-state index contributed by atoms with van der Waals surface area (Å²) in [5, 5.41) is 4.05. The quantitative estimate of drug-likeness (QED) is 0.839. The monoisotopic (exact) mass is 263 g/mol. The van der Waals surface area contributed by atoms with Crippen molar-refractivity contribution in [2.45, 2.75) is 38.3 Å². The van der Waals surface area contributed by atoms with E-state index in [9.17, 15) is 4.79 Å². The standard InChI is InChI=1S/C13H21N5O/c1-9(18-8-15-7-16-18)13(19)17-5-10-3-2-4-12(14)11(10)6-17/h7-12H,2-6,14H2,1H3. The summed E-state index contributed by atoms with van der Waals surface area (Å²) in [6.45, 7) is 3.54. The zero-order chi connectivity index (χ0) is 13.4. The average Bonchev–Trinajstić information content (AvgIpc) is 3.06. The molecule has 2 aliphatic rings. The van der Waals surface area contributed by atoms with Crippen LogP contribution in [0.2, 0.25) is 0 Å². The minimum Gasteiger partial charge on any atom is -0.340 e. The summed E-state index contributed by atoms with van der Waals surface area (Å²) in [4.78, 5) is 18.4. The van der Waals surface area contributed by atoms with Gasteiger partial charge < -0.3 is 10.6 Å². The third-order valence-electron chi connectivity index (χ3n) is 4.66. The SMILES string of the molecule is CC(C(=O)N1CC2CCCC(N)C2C1)n1cncn1. The summed E-state index contributed by atoms with van der Waals surface area (Å²) in [6.07, 6.45) is 6.56. The number of likely N-dealkylation sites (tertiary alicyclic amines) is 1. The van der Waals surface area contributed by atoms with Crippen LogP contribution in [0.15, 0.2) is 12.7 Å². The summed E-state index contributed by atoms with van der Waals surface area (Å²) >= 11 is 0. The third kappa shape index (κ3) is 2.25. The van der Waals surface area contributed by atoms with Gasteiger partial charge in [-0.2, -0.15) is 5.10 Å². The molecule has 1 aliphatic heterocycles. The Morgan fingerprint density at radius 2 is 2.26 bits per heavy atom. The first-order valence-electron chi connectivity index (χ1n) is 7.05. The highest BCUT2D eigenvalue weighted by molar-refractivity contribution is 5.80. The zero-order valence-corrected chi connectivity index (χ0v) is 11.3. The molecule has 0 aromatic carbocycles. The van der Waals surface area contributed by atoms with E-state index in [4.69, 9.17) is 5.73 Å². The topological polar surface area (TPSA) is 77.0 Å². The molecule has 4 unspecified atom stereocenters. The lowest BCUT2D eigenvalue weighted by Crippen LogP contribution is -2.39. The lowest BCUT2D eigenvalue weighted by Gasteiger charge is -2.29. The summed E-state index contributed by atoms with van der Waals surface area (Å²) in [6, 6.07) is -0.0166. The molecule has 104 valence electrons. The Kier molecular flexibility index (Phi) is 3.26. The predicted molar refractivity (Wildman–Crippen MR) is 70.1 cm³/mol. The van der Waals surface area contributed by atoms with Crippen LogP contribution in [0.4, 0.5) is 0 Å². The molecule has 0 radical (unpaired) electrons. The number of nitrogens with zero attached hydrogens (tertiary/aromatic N) is 4. The number of fused-ring (bicyclic) bond motifs is 1. The Bertz CT molecular complexity index is 446.